The van der Waals surface area contributed by atoms with Crippen LogP contribution >= 0.6 is 0 Å². The molecule has 1 amide bonds. The second-order valence-corrected chi connectivity index (χ2v) is 11.0. The molecule has 0 spiro atoms. The van der Waals surface area contributed by atoms with E-state index in [0.717, 1.165) is 35.3 Å². The first-order valence-corrected chi connectivity index (χ1v) is 14.2. The van der Waals surface area contributed by atoms with Crippen LogP contribution < -0.4 is 14.2 Å². The minimum Gasteiger partial charge on any atom is -0.492 e. The molecule has 1 fully saturated rings. The van der Waals surface area contributed by atoms with Crippen molar-refractivity contribution in [2.45, 2.75) is 45.1 Å². The Morgan fingerprint density at radius 2 is 1.78 bits per heavy atom. The predicted octanol–water partition coefficient (Wildman–Crippen LogP) is 5.23. The van der Waals surface area contributed by atoms with Gasteiger partial charge in [-0.3, -0.25) is 9.59 Å². The number of amides is 1. The Morgan fingerprint density at radius 3 is 2.54 bits per heavy atom. The highest BCUT2D eigenvalue weighted by Gasteiger charge is 2.30. The zero-order valence-corrected chi connectivity index (χ0v) is 23.5. The lowest BCUT2D eigenvalue weighted by molar-refractivity contribution is -0.138. The third-order valence-corrected chi connectivity index (χ3v) is 8.28. The van der Waals surface area contributed by atoms with Gasteiger partial charge in [0.15, 0.2) is 6.61 Å². The molecule has 3 aromatic rings. The average Bonchev–Trinajstić information content (AvgIpc) is 3.55. The number of ether oxygens (including phenoxy) is 4. The SMILES string of the molecule is Cc1cc(OCC(=O)N2CCOCC2)cc(C)c1-c1cccc2c1CCC2Oc1ccc2c(c1)OC[C@H]2CC(=O)O. The average molecular weight is 558 g/mol. The topological polar surface area (TPSA) is 94.5 Å². The molecule has 1 N–H and O–H groups in total. The highest BCUT2D eigenvalue weighted by atomic mass is 16.5. The lowest BCUT2D eigenvalue weighted by Gasteiger charge is -2.26. The van der Waals surface area contributed by atoms with Crippen molar-refractivity contribution < 1.29 is 33.6 Å². The van der Waals surface area contributed by atoms with Gasteiger partial charge in [0.05, 0.1) is 26.2 Å². The second kappa shape index (κ2) is 11.4. The van der Waals surface area contributed by atoms with Gasteiger partial charge in [0, 0.05) is 30.6 Å². The van der Waals surface area contributed by atoms with Crippen LogP contribution in [0.1, 0.15) is 52.7 Å². The monoisotopic (exact) mass is 557 g/mol. The third kappa shape index (κ3) is 5.61. The molecule has 8 nitrogen and oxygen atoms in total. The normalized spacial score (nSPS) is 19.3. The molecule has 1 saturated heterocycles. The van der Waals surface area contributed by atoms with Gasteiger partial charge in [-0.05, 0) is 78.3 Å². The van der Waals surface area contributed by atoms with E-state index in [1.807, 2.05) is 30.3 Å². The first-order valence-electron chi connectivity index (χ1n) is 14.2. The molecular formula is C33H35NO7. The number of nitrogens with zero attached hydrogens (tertiary/aromatic N) is 1. The molecule has 0 radical (unpaired) electrons. The Kier molecular flexibility index (Phi) is 7.58. The van der Waals surface area contributed by atoms with Crippen molar-refractivity contribution in [3.63, 3.8) is 0 Å². The molecule has 41 heavy (non-hydrogen) atoms. The molecule has 2 heterocycles. The number of carbonyl (C=O) groups is 2. The molecule has 1 unspecified atom stereocenters. The van der Waals surface area contributed by atoms with Crippen molar-refractivity contribution in [3.8, 4) is 28.4 Å². The largest absolute Gasteiger partial charge is 0.492 e. The number of carbonyl (C=O) groups excluding carboxylic acids is 1. The maximum atomic E-state index is 12.5. The number of aryl methyl sites for hydroxylation is 2. The van der Waals surface area contributed by atoms with Crippen LogP contribution in [-0.2, 0) is 20.7 Å². The summed E-state index contributed by atoms with van der Waals surface area (Å²) in [6, 6.07) is 16.2. The molecule has 0 saturated carbocycles. The number of fused-ring (bicyclic) bond motifs is 2. The number of carboxylic acids is 1. The van der Waals surface area contributed by atoms with E-state index in [0.29, 0.717) is 44.4 Å². The maximum Gasteiger partial charge on any atom is 0.304 e. The summed E-state index contributed by atoms with van der Waals surface area (Å²) in [4.78, 5) is 25.5. The highest BCUT2D eigenvalue weighted by molar-refractivity contribution is 5.79. The van der Waals surface area contributed by atoms with Gasteiger partial charge in [-0.1, -0.05) is 24.3 Å². The number of benzene rings is 3. The molecule has 3 aromatic carbocycles. The number of carboxylic acid groups (broad SMARTS) is 1. The van der Waals surface area contributed by atoms with E-state index in [1.165, 1.54) is 22.3 Å². The summed E-state index contributed by atoms with van der Waals surface area (Å²) >= 11 is 0. The number of morpholine rings is 1. The van der Waals surface area contributed by atoms with Crippen LogP contribution in [0.4, 0.5) is 0 Å². The Hall–Kier alpha value is -4.04. The number of aliphatic carboxylic acids is 1. The summed E-state index contributed by atoms with van der Waals surface area (Å²) in [5.74, 6) is 1.17. The second-order valence-electron chi connectivity index (χ2n) is 11.0. The predicted molar refractivity (Wildman–Crippen MR) is 153 cm³/mol. The summed E-state index contributed by atoms with van der Waals surface area (Å²) in [6.45, 7) is 6.94. The van der Waals surface area contributed by atoms with E-state index in [9.17, 15) is 14.7 Å². The molecule has 1 aliphatic carbocycles. The van der Waals surface area contributed by atoms with Gasteiger partial charge in [0.1, 0.15) is 23.4 Å². The van der Waals surface area contributed by atoms with E-state index < -0.39 is 5.97 Å². The van der Waals surface area contributed by atoms with Gasteiger partial charge in [-0.15, -0.1) is 0 Å². The summed E-state index contributed by atoms with van der Waals surface area (Å²) < 4.78 is 23.5. The van der Waals surface area contributed by atoms with Crippen molar-refractivity contribution in [2.24, 2.45) is 0 Å². The fourth-order valence-corrected chi connectivity index (χ4v) is 6.33. The van der Waals surface area contributed by atoms with Crippen LogP contribution in [0.25, 0.3) is 11.1 Å². The van der Waals surface area contributed by atoms with Crippen molar-refractivity contribution in [3.05, 3.63) is 76.3 Å². The summed E-state index contributed by atoms with van der Waals surface area (Å²) in [7, 11) is 0. The van der Waals surface area contributed by atoms with E-state index in [2.05, 4.69) is 32.0 Å². The van der Waals surface area contributed by atoms with E-state index >= 15 is 0 Å². The number of hydrogen-bond donors (Lipinski definition) is 1. The van der Waals surface area contributed by atoms with Gasteiger partial charge in [0.2, 0.25) is 0 Å². The lowest BCUT2D eigenvalue weighted by atomic mass is 9.90. The summed E-state index contributed by atoms with van der Waals surface area (Å²) in [5, 5.41) is 9.17. The first kappa shape index (κ1) is 27.1. The first-order chi connectivity index (χ1) is 19.9. The van der Waals surface area contributed by atoms with Crippen LogP contribution in [0.2, 0.25) is 0 Å². The highest BCUT2D eigenvalue weighted by Crippen LogP contribution is 2.44. The summed E-state index contributed by atoms with van der Waals surface area (Å²) in [5.41, 5.74) is 7.99. The fourth-order valence-electron chi connectivity index (χ4n) is 6.33. The smallest absolute Gasteiger partial charge is 0.304 e. The molecule has 0 aromatic heterocycles. The third-order valence-electron chi connectivity index (χ3n) is 8.28. The van der Waals surface area contributed by atoms with Crippen molar-refractivity contribution >= 4 is 11.9 Å². The maximum absolute atomic E-state index is 12.5. The van der Waals surface area contributed by atoms with Gasteiger partial charge >= 0.3 is 5.97 Å². The fraction of sp³-hybridized carbons (Fsp3) is 0.394. The van der Waals surface area contributed by atoms with Gasteiger partial charge in [0.25, 0.3) is 5.91 Å². The van der Waals surface area contributed by atoms with Crippen LogP contribution in [0.3, 0.4) is 0 Å². The molecule has 2 aliphatic heterocycles. The van der Waals surface area contributed by atoms with E-state index in [4.69, 9.17) is 18.9 Å². The Bertz CT molecular complexity index is 1450. The molecule has 6 rings (SSSR count). The molecule has 0 bridgehead atoms. The van der Waals surface area contributed by atoms with Gasteiger partial charge in [-0.25, -0.2) is 0 Å². The minimum atomic E-state index is -0.823. The quantitative estimate of drug-likeness (QED) is 0.406. The van der Waals surface area contributed by atoms with Gasteiger partial charge in [-0.2, -0.15) is 0 Å². The standard InChI is InChI=1S/C33H35NO7/c1-20-14-24(39-19-31(35)34-10-12-38-13-11-34)15-21(2)33(20)28-5-3-4-27-26(28)8-9-29(27)41-23-6-7-25-22(16-32(36)37)18-40-30(25)17-23/h3-7,14-15,17,22,29H,8-13,16,18-19H2,1-2H3,(H,36,37)/t22-,29?/m1/s1. The van der Waals surface area contributed by atoms with Crippen molar-refractivity contribution in [2.75, 3.05) is 39.5 Å². The van der Waals surface area contributed by atoms with Crippen LogP contribution in [-0.4, -0.2) is 61.4 Å². The molecule has 2 atom stereocenters. The Balaban J connectivity index is 1.18. The molecular weight excluding hydrogens is 522 g/mol. The van der Waals surface area contributed by atoms with E-state index in [-0.39, 0.29) is 31.0 Å². The van der Waals surface area contributed by atoms with E-state index in [1.54, 1.807) is 4.90 Å². The Labute approximate surface area is 239 Å². The zero-order chi connectivity index (χ0) is 28.5. The minimum absolute atomic E-state index is 0.0189. The number of hydrogen-bond acceptors (Lipinski definition) is 6. The van der Waals surface area contributed by atoms with Crippen molar-refractivity contribution in [1.29, 1.82) is 0 Å². The van der Waals surface area contributed by atoms with Gasteiger partial charge < -0.3 is 29.0 Å². The number of rotatable bonds is 8. The van der Waals surface area contributed by atoms with Crippen molar-refractivity contribution in [1.82, 2.24) is 4.90 Å². The van der Waals surface area contributed by atoms with Crippen LogP contribution in [0.5, 0.6) is 17.2 Å². The molecule has 214 valence electrons. The Morgan fingerprint density at radius 1 is 1.00 bits per heavy atom. The van der Waals surface area contributed by atoms with Crippen LogP contribution in [0.15, 0.2) is 48.5 Å². The molecule has 3 aliphatic rings. The molecule has 8 heteroatoms. The lowest BCUT2D eigenvalue weighted by Crippen LogP contribution is -2.42. The zero-order valence-electron chi connectivity index (χ0n) is 23.5. The van der Waals surface area contributed by atoms with Crippen LogP contribution in [0, 0.1) is 13.8 Å². The summed E-state index contributed by atoms with van der Waals surface area (Å²) in [6.07, 6.45) is 1.76.